The molecule has 0 aliphatic heterocycles. The Bertz CT molecular complexity index is 4360. The Morgan fingerprint density at radius 1 is 0.479 bits per heavy atom. The summed E-state index contributed by atoms with van der Waals surface area (Å²) in [7, 11) is 4.20. The summed E-state index contributed by atoms with van der Waals surface area (Å²) >= 11 is 0.250. The fraction of sp³-hybridized carbons (Fsp3) is 0.438. The zero-order valence-corrected chi connectivity index (χ0v) is 54.9. The molecule has 506 valence electrons. The van der Waals surface area contributed by atoms with Crippen molar-refractivity contribution in [3.63, 3.8) is 0 Å². The predicted octanol–water partition coefficient (Wildman–Crippen LogP) is 9.54. The zero-order chi connectivity index (χ0) is 68.0. The van der Waals surface area contributed by atoms with E-state index in [-0.39, 0.29) is 65.0 Å². The third kappa shape index (κ3) is 12.7. The lowest BCUT2D eigenvalue weighted by atomic mass is 9.75. The summed E-state index contributed by atoms with van der Waals surface area (Å²) in [4.78, 5) is 27.1. The lowest BCUT2D eigenvalue weighted by molar-refractivity contribution is -0.00981. The van der Waals surface area contributed by atoms with Crippen LogP contribution < -0.4 is 31.4 Å². The van der Waals surface area contributed by atoms with Crippen molar-refractivity contribution in [3.8, 4) is 17.2 Å². The molecule has 3 aromatic carbocycles. The molecule has 0 radical (unpaired) electrons. The minimum atomic E-state index is -0.987. The quantitative estimate of drug-likeness (QED) is 0.0620. The number of methoxy groups -OCH3 is 3. The van der Waals surface area contributed by atoms with Crippen molar-refractivity contribution in [1.82, 2.24) is 88.1 Å². The predicted molar refractivity (Wildman–Crippen MR) is 351 cm³/mol. The minimum absolute atomic E-state index is 0.0684. The molecule has 6 atom stereocenters. The highest BCUT2D eigenvalue weighted by atomic mass is 32.2. The van der Waals surface area contributed by atoms with Crippen molar-refractivity contribution in [2.75, 3.05) is 44.8 Å². The summed E-state index contributed by atoms with van der Waals surface area (Å²) in [5, 5.41) is 62.2. The molecule has 9 heterocycles. The lowest BCUT2D eigenvalue weighted by Gasteiger charge is -2.35. The van der Waals surface area contributed by atoms with Gasteiger partial charge in [0.05, 0.1) is 73.3 Å². The van der Waals surface area contributed by atoms with Crippen LogP contribution in [0.4, 0.5) is 34.9 Å². The highest BCUT2D eigenvalue weighted by Gasteiger charge is 2.42. The number of nitrogen functional groups attached to an aromatic ring is 3. The Hall–Kier alpha value is -9.53. The second-order valence-corrected chi connectivity index (χ2v) is 24.7. The van der Waals surface area contributed by atoms with Gasteiger partial charge in [0.2, 0.25) is 17.8 Å². The number of rotatable bonds is 12. The summed E-state index contributed by atoms with van der Waals surface area (Å²) in [6.07, 6.45) is 20.7. The van der Waals surface area contributed by atoms with Crippen LogP contribution in [0, 0.1) is 17.5 Å². The standard InChI is InChI=1S/3C21H24FN7O2.CH3FS/c3*1-3-28-11-13(10-24-28)21(30)6-4-5-12(9-21)18-26-19-14-7-15(22)17(31-2)8-16(14)25-20(23)29(19)27-18;1-3-2/h3*7-8,10-12,30H,3-6,9H2,1-2H3,(H2,23,25);1H3. The Morgan fingerprint density at radius 3 is 0.990 bits per heavy atom. The molecule has 12 aromatic rings. The smallest absolute Gasteiger partial charge is 0.223 e. The van der Waals surface area contributed by atoms with E-state index in [1.807, 2.05) is 39.4 Å². The zero-order valence-electron chi connectivity index (χ0n) is 54.0. The number of aromatic nitrogens is 18. The first-order valence-corrected chi connectivity index (χ1v) is 32.8. The van der Waals surface area contributed by atoms with Gasteiger partial charge in [0.1, 0.15) is 0 Å². The molecule has 9 aromatic heterocycles. The number of aliphatic hydroxyl groups is 3. The number of nitrogens with two attached hydrogens (primary N) is 3. The first-order chi connectivity index (χ1) is 46.2. The molecule has 0 saturated heterocycles. The molecule has 32 heteroatoms. The summed E-state index contributed by atoms with van der Waals surface area (Å²) < 4.78 is 78.1. The van der Waals surface area contributed by atoms with Crippen molar-refractivity contribution in [1.29, 1.82) is 0 Å². The Morgan fingerprint density at radius 2 is 0.750 bits per heavy atom. The molecule has 9 N–H and O–H groups in total. The van der Waals surface area contributed by atoms with E-state index in [1.54, 1.807) is 32.6 Å². The van der Waals surface area contributed by atoms with Gasteiger partial charge >= 0.3 is 0 Å². The van der Waals surface area contributed by atoms with Crippen LogP contribution in [0.5, 0.6) is 17.2 Å². The highest BCUT2D eigenvalue weighted by molar-refractivity contribution is 7.93. The molecule has 3 aliphatic carbocycles. The fourth-order valence-electron chi connectivity index (χ4n) is 13.5. The monoisotopic (exact) mass is 1340 g/mol. The van der Waals surface area contributed by atoms with Crippen LogP contribution >= 0.6 is 12.1 Å². The van der Waals surface area contributed by atoms with Gasteiger partial charge in [-0.05, 0) is 116 Å². The number of anilines is 3. The van der Waals surface area contributed by atoms with Gasteiger partial charge in [-0.1, -0.05) is 0 Å². The van der Waals surface area contributed by atoms with Crippen LogP contribution in [0.1, 0.15) is 150 Å². The molecule has 3 aliphatic rings. The van der Waals surface area contributed by atoms with E-state index < -0.39 is 34.3 Å². The number of benzene rings is 3. The number of nitrogens with zero attached hydrogens (tertiary/aromatic N) is 18. The number of fused-ring (bicyclic) bond motifs is 9. The van der Waals surface area contributed by atoms with Gasteiger partial charge in [0, 0.05) is 125 Å². The number of halogens is 4. The minimum Gasteiger partial charge on any atom is -0.494 e. The van der Waals surface area contributed by atoms with Crippen LogP contribution in [0.25, 0.3) is 49.7 Å². The van der Waals surface area contributed by atoms with Gasteiger partial charge in [-0.3, -0.25) is 14.0 Å². The molecule has 27 nitrogen and oxygen atoms in total. The van der Waals surface area contributed by atoms with Crippen molar-refractivity contribution in [2.24, 2.45) is 0 Å². The summed E-state index contributed by atoms with van der Waals surface area (Å²) in [5.41, 5.74) is 20.6. The van der Waals surface area contributed by atoms with E-state index in [1.165, 1.54) is 77.5 Å². The number of aryl methyl sites for hydroxylation is 3. The van der Waals surface area contributed by atoms with Crippen molar-refractivity contribution in [2.45, 2.75) is 152 Å². The van der Waals surface area contributed by atoms with Gasteiger partial charge in [0.25, 0.3) is 0 Å². The molecule has 0 spiro atoms. The summed E-state index contributed by atoms with van der Waals surface area (Å²) in [6, 6.07) is 8.51. The molecule has 6 unspecified atom stereocenters. The normalized spacial score (nSPS) is 21.2. The van der Waals surface area contributed by atoms with Gasteiger partial charge in [-0.2, -0.15) is 32.7 Å². The maximum Gasteiger partial charge on any atom is 0.223 e. The second kappa shape index (κ2) is 26.9. The third-order valence-corrected chi connectivity index (χ3v) is 18.5. The van der Waals surface area contributed by atoms with Crippen LogP contribution in [0.2, 0.25) is 0 Å². The van der Waals surface area contributed by atoms with Crippen LogP contribution in [-0.4, -0.2) is 131 Å². The lowest BCUT2D eigenvalue weighted by Crippen LogP contribution is -2.32. The van der Waals surface area contributed by atoms with Crippen LogP contribution in [0.3, 0.4) is 0 Å². The maximum absolute atomic E-state index is 14.3. The maximum atomic E-state index is 14.3. The SMILES string of the molecule is CCn1cc(C2(O)CCCC(c3nc4c5cc(F)c(OC)cc5nc(N)n4n3)C2)cn1.CCn1cc(C2(O)CCCC(c3nc4c5cc(F)c(OC)cc5nc(N)n4n3)C2)cn1.CCn1cc(C2(O)CCCC(c3nc4c5cc(F)c(OC)cc5nc(N)n4n3)C2)cn1.CSF. The molecule has 0 amide bonds. The van der Waals surface area contributed by atoms with Gasteiger partial charge in [-0.15, -0.1) is 15.3 Å². The van der Waals surface area contributed by atoms with Gasteiger partial charge in [-0.25, -0.2) is 43.1 Å². The molecule has 0 bridgehead atoms. The van der Waals surface area contributed by atoms with Gasteiger partial charge < -0.3 is 46.7 Å². The van der Waals surface area contributed by atoms with E-state index in [0.29, 0.717) is 106 Å². The number of ether oxygens (including phenoxy) is 3. The molecular weight excluding hydrogens is 1270 g/mol. The molecule has 15 rings (SSSR count). The first-order valence-electron chi connectivity index (χ1n) is 31.7. The van der Waals surface area contributed by atoms with Crippen LogP contribution in [0.15, 0.2) is 73.6 Å². The average molecular weight is 1340 g/mol. The van der Waals surface area contributed by atoms with Crippen molar-refractivity contribution < 1.29 is 46.6 Å². The second-order valence-electron chi connectivity index (χ2n) is 24.4. The highest BCUT2D eigenvalue weighted by Crippen LogP contribution is 2.47. The van der Waals surface area contributed by atoms with E-state index in [9.17, 15) is 32.4 Å². The van der Waals surface area contributed by atoms with E-state index >= 15 is 0 Å². The van der Waals surface area contributed by atoms with E-state index in [0.717, 1.165) is 74.8 Å². The van der Waals surface area contributed by atoms with Gasteiger partial charge in [0.15, 0.2) is 69.1 Å². The largest absolute Gasteiger partial charge is 0.494 e. The molecule has 3 fully saturated rings. The molecule has 96 heavy (non-hydrogen) atoms. The topological polar surface area (TPSA) is 349 Å². The fourth-order valence-corrected chi connectivity index (χ4v) is 13.5. The van der Waals surface area contributed by atoms with E-state index in [4.69, 9.17) is 46.4 Å². The summed E-state index contributed by atoms with van der Waals surface area (Å²) in [5.74, 6) is 0.725. The van der Waals surface area contributed by atoms with Crippen molar-refractivity contribution in [3.05, 3.63) is 125 Å². The van der Waals surface area contributed by atoms with Crippen LogP contribution in [-0.2, 0) is 36.4 Å². The number of hydrogen-bond acceptors (Lipinski definition) is 22. The Labute approximate surface area is 551 Å². The van der Waals surface area contributed by atoms with Crippen molar-refractivity contribution >= 4 is 79.6 Å². The molecular formula is C64H75F4N21O6S. The first kappa shape index (κ1) is 66.5. The Balaban J connectivity index is 0.000000135. The molecule has 3 saturated carbocycles. The van der Waals surface area contributed by atoms with E-state index in [2.05, 4.69) is 45.5 Å². The third-order valence-electron chi connectivity index (χ3n) is 18.5. The summed E-state index contributed by atoms with van der Waals surface area (Å²) in [6.45, 7) is 8.25. The Kier molecular flexibility index (Phi) is 18.7. The average Bonchev–Trinajstić information content (AvgIpc) is 1.51. The number of hydrogen-bond donors (Lipinski definition) is 6.